The van der Waals surface area contributed by atoms with Gasteiger partial charge in [-0.2, -0.15) is 0 Å². The molecule has 0 fully saturated rings. The Morgan fingerprint density at radius 3 is 2.82 bits per heavy atom. The fourth-order valence-electron chi connectivity index (χ4n) is 1.37. The predicted octanol–water partition coefficient (Wildman–Crippen LogP) is 3.76. The van der Waals surface area contributed by atoms with Crippen molar-refractivity contribution in [3.8, 4) is 5.88 Å². The summed E-state index contributed by atoms with van der Waals surface area (Å²) in [4.78, 5) is 4.07. The van der Waals surface area contributed by atoms with E-state index in [1.165, 1.54) is 6.07 Å². The van der Waals surface area contributed by atoms with E-state index >= 15 is 0 Å². The van der Waals surface area contributed by atoms with E-state index in [1.54, 1.807) is 18.3 Å². The second-order valence-electron chi connectivity index (χ2n) is 3.71. The fraction of sp³-hybridized carbons (Fsp3) is 0.154. The lowest BCUT2D eigenvalue weighted by Crippen LogP contribution is -1.97. The Kier molecular flexibility index (Phi) is 3.59. The van der Waals surface area contributed by atoms with Gasteiger partial charge in [0.15, 0.2) is 0 Å². The Hall–Kier alpha value is -1.61. The Labute approximate surface area is 104 Å². The summed E-state index contributed by atoms with van der Waals surface area (Å²) >= 11 is 5.67. The van der Waals surface area contributed by atoms with Crippen LogP contribution in [0.1, 0.15) is 11.1 Å². The second kappa shape index (κ2) is 5.15. The molecule has 2 nitrogen and oxygen atoms in total. The van der Waals surface area contributed by atoms with Gasteiger partial charge in [-0.05, 0) is 36.2 Å². The molecule has 4 heteroatoms. The highest BCUT2D eigenvalue weighted by Gasteiger charge is 2.02. The molecule has 0 radical (unpaired) electrons. The Morgan fingerprint density at radius 1 is 1.29 bits per heavy atom. The summed E-state index contributed by atoms with van der Waals surface area (Å²) in [6.45, 7) is 2.28. The summed E-state index contributed by atoms with van der Waals surface area (Å²) in [5.41, 5.74) is 1.88. The zero-order valence-electron chi connectivity index (χ0n) is 9.28. The van der Waals surface area contributed by atoms with Crippen molar-refractivity contribution >= 4 is 11.6 Å². The number of benzene rings is 1. The molecule has 0 saturated heterocycles. The third kappa shape index (κ3) is 3.17. The molecular weight excluding hydrogens is 241 g/mol. The SMILES string of the molecule is Cc1ccnc(OCc2ccc(F)c(Cl)c2)c1. The maximum absolute atomic E-state index is 12.9. The molecule has 0 aliphatic carbocycles. The van der Waals surface area contributed by atoms with E-state index in [0.717, 1.165) is 11.1 Å². The van der Waals surface area contributed by atoms with E-state index in [2.05, 4.69) is 4.98 Å². The average Bonchev–Trinajstić information content (AvgIpc) is 2.31. The second-order valence-corrected chi connectivity index (χ2v) is 4.12. The van der Waals surface area contributed by atoms with Gasteiger partial charge in [0.2, 0.25) is 5.88 Å². The molecule has 0 saturated carbocycles. The number of rotatable bonds is 3. The topological polar surface area (TPSA) is 22.1 Å². The molecule has 88 valence electrons. The molecule has 0 aliphatic rings. The van der Waals surface area contributed by atoms with Gasteiger partial charge in [-0.25, -0.2) is 9.37 Å². The van der Waals surface area contributed by atoms with Crippen LogP contribution in [0.3, 0.4) is 0 Å². The summed E-state index contributed by atoms with van der Waals surface area (Å²) in [5, 5.41) is 0.100. The van der Waals surface area contributed by atoms with Crippen molar-refractivity contribution in [2.45, 2.75) is 13.5 Å². The Balaban J connectivity index is 2.05. The molecule has 1 aromatic heterocycles. The van der Waals surface area contributed by atoms with Crippen molar-refractivity contribution in [1.29, 1.82) is 0 Å². The molecule has 0 amide bonds. The van der Waals surface area contributed by atoms with Crippen LogP contribution in [0.15, 0.2) is 36.5 Å². The summed E-state index contributed by atoms with van der Waals surface area (Å²) in [5.74, 6) is 0.120. The molecule has 2 rings (SSSR count). The number of pyridine rings is 1. The molecule has 1 heterocycles. The minimum Gasteiger partial charge on any atom is -0.473 e. The molecular formula is C13H11ClFNO. The molecule has 0 bridgehead atoms. The standard InChI is InChI=1S/C13H11ClFNO/c1-9-4-5-16-13(6-9)17-8-10-2-3-12(15)11(14)7-10/h2-7H,8H2,1H3. The van der Waals surface area contributed by atoms with E-state index in [0.29, 0.717) is 12.5 Å². The summed E-state index contributed by atoms with van der Waals surface area (Å²) in [6.07, 6.45) is 1.68. The minimum absolute atomic E-state index is 0.100. The summed E-state index contributed by atoms with van der Waals surface area (Å²) in [7, 11) is 0. The van der Waals surface area contributed by atoms with E-state index in [-0.39, 0.29) is 5.02 Å². The number of ether oxygens (including phenoxy) is 1. The highest BCUT2D eigenvalue weighted by molar-refractivity contribution is 6.30. The maximum Gasteiger partial charge on any atom is 0.213 e. The molecule has 2 aromatic rings. The number of aromatic nitrogens is 1. The van der Waals surface area contributed by atoms with Crippen molar-refractivity contribution in [3.63, 3.8) is 0 Å². The van der Waals surface area contributed by atoms with Crippen molar-refractivity contribution < 1.29 is 9.13 Å². The lowest BCUT2D eigenvalue weighted by Gasteiger charge is -2.06. The van der Waals surface area contributed by atoms with Crippen LogP contribution in [0.4, 0.5) is 4.39 Å². The van der Waals surface area contributed by atoms with E-state index < -0.39 is 5.82 Å². The predicted molar refractivity (Wildman–Crippen MR) is 64.7 cm³/mol. The quantitative estimate of drug-likeness (QED) is 0.829. The van der Waals surface area contributed by atoms with Crippen molar-refractivity contribution in [2.75, 3.05) is 0 Å². The highest BCUT2D eigenvalue weighted by Crippen LogP contribution is 2.17. The van der Waals surface area contributed by atoms with Crippen molar-refractivity contribution in [2.24, 2.45) is 0 Å². The van der Waals surface area contributed by atoms with Gasteiger partial charge in [-0.15, -0.1) is 0 Å². The first-order valence-corrected chi connectivity index (χ1v) is 5.52. The van der Waals surface area contributed by atoms with E-state index in [4.69, 9.17) is 16.3 Å². The normalized spacial score (nSPS) is 10.3. The highest BCUT2D eigenvalue weighted by atomic mass is 35.5. The molecule has 0 aliphatic heterocycles. The van der Waals surface area contributed by atoms with Crippen LogP contribution in [0.2, 0.25) is 5.02 Å². The van der Waals surface area contributed by atoms with Gasteiger partial charge in [-0.3, -0.25) is 0 Å². The number of halogens is 2. The van der Waals surface area contributed by atoms with Gasteiger partial charge in [0, 0.05) is 12.3 Å². The van der Waals surface area contributed by atoms with Crippen LogP contribution >= 0.6 is 11.6 Å². The Bertz CT molecular complexity index is 531. The lowest BCUT2D eigenvalue weighted by molar-refractivity contribution is 0.293. The third-order valence-electron chi connectivity index (χ3n) is 2.26. The van der Waals surface area contributed by atoms with Crippen molar-refractivity contribution in [3.05, 3.63) is 58.5 Å². The van der Waals surface area contributed by atoms with Crippen LogP contribution in [-0.4, -0.2) is 4.98 Å². The van der Waals surface area contributed by atoms with Gasteiger partial charge < -0.3 is 4.74 Å². The maximum atomic E-state index is 12.9. The summed E-state index contributed by atoms with van der Waals surface area (Å²) < 4.78 is 18.4. The molecule has 0 unspecified atom stereocenters. The smallest absolute Gasteiger partial charge is 0.213 e. The van der Waals surface area contributed by atoms with Crippen molar-refractivity contribution in [1.82, 2.24) is 4.98 Å². The van der Waals surface area contributed by atoms with E-state index in [9.17, 15) is 4.39 Å². The van der Waals surface area contributed by atoms with Crippen LogP contribution in [-0.2, 0) is 6.61 Å². The molecule has 0 N–H and O–H groups in total. The first kappa shape index (κ1) is 11.9. The molecule has 17 heavy (non-hydrogen) atoms. The van der Waals surface area contributed by atoms with E-state index in [1.807, 2.05) is 19.1 Å². The average molecular weight is 252 g/mol. The lowest BCUT2D eigenvalue weighted by atomic mass is 10.2. The zero-order valence-corrected chi connectivity index (χ0v) is 10.0. The van der Waals surface area contributed by atoms with Crippen LogP contribution in [0, 0.1) is 12.7 Å². The number of aryl methyl sites for hydroxylation is 1. The van der Waals surface area contributed by atoms with Crippen LogP contribution in [0.5, 0.6) is 5.88 Å². The van der Waals surface area contributed by atoms with Gasteiger partial charge in [0.1, 0.15) is 12.4 Å². The van der Waals surface area contributed by atoms with Crippen LogP contribution < -0.4 is 4.74 Å². The number of hydrogen-bond donors (Lipinski definition) is 0. The van der Waals surface area contributed by atoms with Crippen LogP contribution in [0.25, 0.3) is 0 Å². The largest absolute Gasteiger partial charge is 0.473 e. The summed E-state index contributed by atoms with van der Waals surface area (Å²) in [6, 6.07) is 8.24. The fourth-order valence-corrected chi connectivity index (χ4v) is 1.58. The number of nitrogens with zero attached hydrogens (tertiary/aromatic N) is 1. The first-order valence-electron chi connectivity index (χ1n) is 5.14. The number of hydrogen-bond acceptors (Lipinski definition) is 2. The monoisotopic (exact) mass is 251 g/mol. The zero-order chi connectivity index (χ0) is 12.3. The van der Waals surface area contributed by atoms with Gasteiger partial charge in [-0.1, -0.05) is 17.7 Å². The third-order valence-corrected chi connectivity index (χ3v) is 2.55. The Morgan fingerprint density at radius 2 is 2.12 bits per heavy atom. The minimum atomic E-state index is -0.427. The molecule has 1 aromatic carbocycles. The molecule has 0 spiro atoms. The van der Waals surface area contributed by atoms with Gasteiger partial charge in [0.25, 0.3) is 0 Å². The van der Waals surface area contributed by atoms with Gasteiger partial charge in [0.05, 0.1) is 5.02 Å². The van der Waals surface area contributed by atoms with Gasteiger partial charge >= 0.3 is 0 Å². The first-order chi connectivity index (χ1) is 8.15. The molecule has 0 atom stereocenters.